The number of piperazine rings is 1. The van der Waals surface area contributed by atoms with Crippen LogP contribution in [-0.2, 0) is 0 Å². The highest BCUT2D eigenvalue weighted by atomic mass is 32.2. The minimum atomic E-state index is -0.627. The number of halogens is 1. The van der Waals surface area contributed by atoms with E-state index in [9.17, 15) is 9.59 Å². The average molecular weight is 458 g/mol. The molecule has 1 saturated carbocycles. The second-order valence-electron chi connectivity index (χ2n) is 8.08. The van der Waals surface area contributed by atoms with E-state index in [1.807, 2.05) is 9.47 Å². The first-order valence-electron chi connectivity index (χ1n) is 10.6. The van der Waals surface area contributed by atoms with Crippen LogP contribution in [0.4, 0.5) is 10.1 Å². The van der Waals surface area contributed by atoms with Crippen LogP contribution in [0.3, 0.4) is 0 Å². The van der Waals surface area contributed by atoms with Crippen molar-refractivity contribution in [1.29, 1.82) is 0 Å². The molecular formula is C21H24FN7O2S. The van der Waals surface area contributed by atoms with Gasteiger partial charge >= 0.3 is 0 Å². The summed E-state index contributed by atoms with van der Waals surface area (Å²) in [5.41, 5.74) is 8.32. The Morgan fingerprint density at radius 1 is 1.34 bits per heavy atom. The molecule has 9 nitrogen and oxygen atoms in total. The van der Waals surface area contributed by atoms with Crippen LogP contribution in [0.15, 0.2) is 33.2 Å². The summed E-state index contributed by atoms with van der Waals surface area (Å²) in [5.74, 6) is -1.08. The normalized spacial score (nSPS) is 23.4. The number of nitrogens with zero attached hydrogens (tertiary/aromatic N) is 4. The van der Waals surface area contributed by atoms with Crippen LogP contribution in [-0.4, -0.2) is 59.8 Å². The van der Waals surface area contributed by atoms with E-state index in [0.717, 1.165) is 25.9 Å². The van der Waals surface area contributed by atoms with Gasteiger partial charge < -0.3 is 20.5 Å². The number of aliphatic imine (C=N–C) groups is 1. The maximum absolute atomic E-state index is 15.0. The van der Waals surface area contributed by atoms with Gasteiger partial charge in [-0.05, 0) is 25.0 Å². The highest BCUT2D eigenvalue weighted by Gasteiger charge is 2.28. The van der Waals surface area contributed by atoms with Crippen LogP contribution in [0.1, 0.15) is 29.2 Å². The van der Waals surface area contributed by atoms with Crippen molar-refractivity contribution >= 4 is 46.7 Å². The minimum absolute atomic E-state index is 0.0553. The number of rotatable bonds is 5. The number of carbonyl (C=O) groups excluding carboxylic acids is 1. The van der Waals surface area contributed by atoms with Crippen molar-refractivity contribution in [2.75, 3.05) is 31.1 Å². The van der Waals surface area contributed by atoms with Crippen LogP contribution < -0.4 is 26.8 Å². The number of aromatic nitrogens is 1. The molecule has 3 aliphatic rings. The Hall–Kier alpha value is -2.76. The third-order valence-corrected chi connectivity index (χ3v) is 6.77. The number of benzene rings is 1. The molecule has 32 heavy (non-hydrogen) atoms. The summed E-state index contributed by atoms with van der Waals surface area (Å²) in [7, 11) is 0. The fourth-order valence-corrected chi connectivity index (χ4v) is 4.76. The minimum Gasteiger partial charge on any atom is -0.367 e. The maximum Gasteiger partial charge on any atom is 0.276 e. The fraction of sp³-hybridized carbons (Fsp3) is 0.429. The molecule has 0 spiro atoms. The van der Waals surface area contributed by atoms with Crippen LogP contribution in [0.25, 0.3) is 10.9 Å². The molecule has 1 amide bonds. The lowest BCUT2D eigenvalue weighted by Crippen LogP contribution is -2.43. The lowest BCUT2D eigenvalue weighted by atomic mass is 10.1. The predicted octanol–water partition coefficient (Wildman–Crippen LogP) is 1.03. The molecule has 0 radical (unpaired) electrons. The number of carbonyl (C=O) groups is 1. The Kier molecular flexibility index (Phi) is 5.70. The molecule has 2 atom stereocenters. The Morgan fingerprint density at radius 2 is 2.12 bits per heavy atom. The summed E-state index contributed by atoms with van der Waals surface area (Å²) < 4.78 is 16.9. The third kappa shape index (κ3) is 4.15. The molecule has 2 aromatic rings. The zero-order valence-electron chi connectivity index (χ0n) is 17.3. The van der Waals surface area contributed by atoms with Gasteiger partial charge in [0.05, 0.1) is 16.5 Å². The Bertz CT molecular complexity index is 1170. The first-order valence-corrected chi connectivity index (χ1v) is 11.6. The van der Waals surface area contributed by atoms with Crippen molar-refractivity contribution in [1.82, 2.24) is 15.3 Å². The number of fused-ring (bicyclic) bond motifs is 1. The van der Waals surface area contributed by atoms with Gasteiger partial charge in [0.1, 0.15) is 16.9 Å². The van der Waals surface area contributed by atoms with Gasteiger partial charge in [-0.15, -0.1) is 11.8 Å². The molecule has 2 unspecified atom stereocenters. The highest BCUT2D eigenvalue weighted by molar-refractivity contribution is 8.02. The Morgan fingerprint density at radius 3 is 2.81 bits per heavy atom. The molecule has 168 valence electrons. The summed E-state index contributed by atoms with van der Waals surface area (Å²) in [6.07, 6.45) is 6.65. The summed E-state index contributed by atoms with van der Waals surface area (Å²) in [6, 6.07) is 3.21. The van der Waals surface area contributed by atoms with E-state index >= 15 is 4.39 Å². The molecule has 0 bridgehead atoms. The van der Waals surface area contributed by atoms with Crippen molar-refractivity contribution < 1.29 is 9.18 Å². The molecular weight excluding hydrogens is 433 g/mol. The summed E-state index contributed by atoms with van der Waals surface area (Å²) in [5, 5.41) is 7.26. The standard InChI is InChI=1S/C21H24FN7O2S/c22-16-7-14-17(8-18(16)28-5-3-24-4-6-28)29(12-1-2-12)11-15(19(14)30)20(31)27-26-10-13-9-25-21(23)32-13/h7-13,21,24H,1-6,23H2,(H,27,31)/b26-10-. The molecule has 1 saturated heterocycles. The molecule has 4 N–H and O–H groups in total. The van der Waals surface area contributed by atoms with Crippen molar-refractivity contribution in [2.45, 2.75) is 29.6 Å². The number of hydrazone groups is 1. The largest absolute Gasteiger partial charge is 0.367 e. The molecule has 1 aliphatic carbocycles. The molecule has 2 aliphatic heterocycles. The maximum atomic E-state index is 15.0. The van der Waals surface area contributed by atoms with Crippen LogP contribution in [0.5, 0.6) is 0 Å². The topological polar surface area (TPSA) is 117 Å². The number of nitrogens with one attached hydrogen (secondary N) is 2. The lowest BCUT2D eigenvalue weighted by molar-refractivity contribution is 0.0953. The number of hydrogen-bond acceptors (Lipinski definition) is 8. The van der Waals surface area contributed by atoms with Gasteiger partial charge in [0, 0.05) is 56.2 Å². The second-order valence-corrected chi connectivity index (χ2v) is 9.38. The molecule has 3 heterocycles. The lowest BCUT2D eigenvalue weighted by Gasteiger charge is -2.30. The average Bonchev–Trinajstić information content (AvgIpc) is 3.55. The first kappa shape index (κ1) is 21.1. The van der Waals surface area contributed by atoms with E-state index in [1.165, 1.54) is 24.0 Å². The van der Waals surface area contributed by atoms with E-state index in [2.05, 4.69) is 20.8 Å². The number of hydrogen-bond donors (Lipinski definition) is 3. The van der Waals surface area contributed by atoms with Gasteiger partial charge in [0.15, 0.2) is 0 Å². The van der Waals surface area contributed by atoms with Crippen LogP contribution in [0.2, 0.25) is 0 Å². The third-order valence-electron chi connectivity index (χ3n) is 5.81. The summed E-state index contributed by atoms with van der Waals surface area (Å²) in [6.45, 7) is 2.96. The van der Waals surface area contributed by atoms with Crippen molar-refractivity contribution in [3.05, 3.63) is 39.9 Å². The number of nitrogens with two attached hydrogens (primary N) is 1. The SMILES string of the molecule is NC1N=CC(/C=N\NC(=O)c2cn(C3CC3)c3cc(N4CCNCC4)c(F)cc3c2=O)S1. The van der Waals surface area contributed by atoms with Crippen LogP contribution in [0, 0.1) is 5.82 Å². The predicted molar refractivity (Wildman–Crippen MR) is 125 cm³/mol. The number of pyridine rings is 1. The highest BCUT2D eigenvalue weighted by Crippen LogP contribution is 2.38. The molecule has 2 fully saturated rings. The zero-order valence-corrected chi connectivity index (χ0v) is 18.1. The van der Waals surface area contributed by atoms with Gasteiger partial charge in [0.2, 0.25) is 5.43 Å². The summed E-state index contributed by atoms with van der Waals surface area (Å²) >= 11 is 1.39. The van der Waals surface area contributed by atoms with Crippen molar-refractivity contribution in [2.24, 2.45) is 15.8 Å². The van der Waals surface area contributed by atoms with Crippen molar-refractivity contribution in [3.63, 3.8) is 0 Å². The molecule has 5 rings (SSSR count). The van der Waals surface area contributed by atoms with E-state index in [0.29, 0.717) is 24.3 Å². The second kappa shape index (κ2) is 8.64. The Labute approximate surface area is 187 Å². The van der Waals surface area contributed by atoms with E-state index in [1.54, 1.807) is 18.5 Å². The van der Waals surface area contributed by atoms with E-state index in [4.69, 9.17) is 5.73 Å². The molecule has 1 aromatic carbocycles. The zero-order chi connectivity index (χ0) is 22.2. The summed E-state index contributed by atoms with van der Waals surface area (Å²) in [4.78, 5) is 31.8. The fourth-order valence-electron chi connectivity index (χ4n) is 4.03. The smallest absolute Gasteiger partial charge is 0.276 e. The van der Waals surface area contributed by atoms with Gasteiger partial charge in [-0.25, -0.2) is 9.82 Å². The van der Waals surface area contributed by atoms with Gasteiger partial charge in [-0.3, -0.25) is 14.6 Å². The van der Waals surface area contributed by atoms with Crippen molar-refractivity contribution in [3.8, 4) is 0 Å². The Balaban J connectivity index is 1.48. The van der Waals surface area contributed by atoms with E-state index in [-0.39, 0.29) is 27.7 Å². The number of thioether (sulfide) groups is 1. The monoisotopic (exact) mass is 457 g/mol. The van der Waals surface area contributed by atoms with Gasteiger partial charge in [0.25, 0.3) is 5.91 Å². The van der Waals surface area contributed by atoms with Gasteiger partial charge in [-0.1, -0.05) is 0 Å². The van der Waals surface area contributed by atoms with Gasteiger partial charge in [-0.2, -0.15) is 5.10 Å². The molecule has 11 heteroatoms. The molecule has 1 aromatic heterocycles. The van der Waals surface area contributed by atoms with Crippen LogP contribution >= 0.6 is 11.8 Å². The first-order chi connectivity index (χ1) is 15.5. The number of amides is 1. The quantitative estimate of drug-likeness (QED) is 0.456. The number of anilines is 1. The van der Waals surface area contributed by atoms with E-state index < -0.39 is 17.2 Å².